The van der Waals surface area contributed by atoms with Crippen LogP contribution in [0.25, 0.3) is 0 Å². The molecule has 2 aromatic heterocycles. The van der Waals surface area contributed by atoms with Crippen LogP contribution in [0, 0.1) is 0 Å². The van der Waals surface area contributed by atoms with E-state index in [9.17, 15) is 0 Å². The Kier molecular flexibility index (Phi) is 7.61. The maximum absolute atomic E-state index is 6.53. The number of nitrogens with one attached hydrogen (secondary N) is 1. The van der Waals surface area contributed by atoms with E-state index in [-0.39, 0.29) is 0 Å². The van der Waals surface area contributed by atoms with Gasteiger partial charge < -0.3 is 24.8 Å². The van der Waals surface area contributed by atoms with Crippen molar-refractivity contribution in [1.82, 2.24) is 19.8 Å². The highest BCUT2D eigenvalue weighted by Gasteiger charge is 2.28. The number of piperazine rings is 1. The molecule has 2 saturated heterocycles. The number of hydrogen-bond donors (Lipinski definition) is 1. The first-order valence-electron chi connectivity index (χ1n) is 13.5. The van der Waals surface area contributed by atoms with E-state index in [0.717, 1.165) is 55.5 Å². The molecule has 3 aliphatic heterocycles. The van der Waals surface area contributed by atoms with Crippen LogP contribution in [-0.4, -0.2) is 85.8 Å². The second-order valence-electron chi connectivity index (χ2n) is 10.5. The summed E-state index contributed by atoms with van der Waals surface area (Å²) in [5.74, 6) is 2.17. The first-order chi connectivity index (χ1) is 18.6. The summed E-state index contributed by atoms with van der Waals surface area (Å²) in [4.78, 5) is 20.5. The largest absolute Gasteiger partial charge is 0.495 e. The monoisotopic (exact) mass is 553 g/mol. The van der Waals surface area contributed by atoms with Crippen molar-refractivity contribution in [2.45, 2.75) is 31.8 Å². The van der Waals surface area contributed by atoms with Crippen LogP contribution < -0.4 is 19.9 Å². The van der Waals surface area contributed by atoms with E-state index in [1.54, 1.807) is 13.3 Å². The highest BCUT2D eigenvalue weighted by atomic mass is 35.5. The van der Waals surface area contributed by atoms with Crippen LogP contribution in [0.15, 0.2) is 35.8 Å². The minimum absolute atomic E-state index is 0.531. The fourth-order valence-corrected chi connectivity index (χ4v) is 6.97. The Balaban J connectivity index is 1.12. The zero-order valence-corrected chi connectivity index (χ0v) is 23.8. The van der Waals surface area contributed by atoms with Crippen LogP contribution in [0.5, 0.6) is 5.75 Å². The lowest BCUT2D eigenvalue weighted by atomic mass is 10.0. The average Bonchev–Trinajstić information content (AvgIpc) is 3.43. The van der Waals surface area contributed by atoms with Gasteiger partial charge in [0.2, 0.25) is 5.95 Å². The summed E-state index contributed by atoms with van der Waals surface area (Å²) in [6.07, 6.45) is 5.09. The van der Waals surface area contributed by atoms with Gasteiger partial charge >= 0.3 is 0 Å². The number of likely N-dealkylation sites (N-methyl/N-ethyl adjacent to an activating group) is 1. The van der Waals surface area contributed by atoms with Gasteiger partial charge in [-0.15, -0.1) is 11.3 Å². The zero-order chi connectivity index (χ0) is 26.1. The summed E-state index contributed by atoms with van der Waals surface area (Å²) in [7, 11) is 3.96. The number of halogens is 1. The molecule has 2 fully saturated rings. The Labute approximate surface area is 234 Å². The van der Waals surface area contributed by atoms with Gasteiger partial charge in [0, 0.05) is 75.0 Å². The lowest BCUT2D eigenvalue weighted by Gasteiger charge is -2.42. The van der Waals surface area contributed by atoms with Gasteiger partial charge in [-0.25, -0.2) is 4.98 Å². The molecule has 3 aromatic rings. The number of methoxy groups -OCH3 is 1. The molecule has 8 nitrogen and oxygen atoms in total. The molecule has 0 bridgehead atoms. The highest BCUT2D eigenvalue weighted by molar-refractivity contribution is 7.10. The van der Waals surface area contributed by atoms with E-state index in [4.69, 9.17) is 21.3 Å². The van der Waals surface area contributed by atoms with Crippen molar-refractivity contribution in [3.05, 3.63) is 51.3 Å². The number of nitrogens with zero attached hydrogens (tertiary/aromatic N) is 6. The molecule has 0 saturated carbocycles. The Bertz CT molecular complexity index is 1250. The second kappa shape index (κ2) is 11.3. The Morgan fingerprint density at radius 3 is 2.63 bits per heavy atom. The highest BCUT2D eigenvalue weighted by Crippen LogP contribution is 2.35. The standard InChI is InChI=1S/C28H36ClN7OS/c1-33-12-14-34(15-13-33)22-5-9-35(10-6-22)24-4-3-21(17-25(24)37-2)31-28-30-18-23(29)27(32-28)36-11-7-26-20(19-36)8-16-38-26/h3-4,8,16-18,22H,5-7,9-15,19H2,1-2H3,(H,30,31,32). The van der Waals surface area contributed by atoms with Crippen molar-refractivity contribution in [2.24, 2.45) is 0 Å². The maximum Gasteiger partial charge on any atom is 0.229 e. The van der Waals surface area contributed by atoms with Crippen LogP contribution in [0.2, 0.25) is 5.02 Å². The lowest BCUT2D eigenvalue weighted by molar-refractivity contribution is 0.0981. The Hall–Kier alpha value is -2.59. The van der Waals surface area contributed by atoms with Crippen LogP contribution in [0.4, 0.5) is 23.1 Å². The van der Waals surface area contributed by atoms with Crippen molar-refractivity contribution in [3.8, 4) is 5.75 Å². The molecule has 6 rings (SSSR count). The lowest BCUT2D eigenvalue weighted by Crippen LogP contribution is -2.52. The summed E-state index contributed by atoms with van der Waals surface area (Å²) >= 11 is 8.36. The molecule has 5 heterocycles. The number of rotatable bonds is 6. The molecule has 10 heteroatoms. The molecule has 0 unspecified atom stereocenters. The fraction of sp³-hybridized carbons (Fsp3) is 0.500. The van der Waals surface area contributed by atoms with E-state index in [1.165, 1.54) is 49.5 Å². The molecule has 202 valence electrons. The van der Waals surface area contributed by atoms with E-state index in [1.807, 2.05) is 17.4 Å². The van der Waals surface area contributed by atoms with Crippen molar-refractivity contribution < 1.29 is 4.74 Å². The zero-order valence-electron chi connectivity index (χ0n) is 22.2. The van der Waals surface area contributed by atoms with Crippen LogP contribution in [-0.2, 0) is 13.0 Å². The van der Waals surface area contributed by atoms with Gasteiger partial charge in [-0.3, -0.25) is 4.90 Å². The maximum atomic E-state index is 6.53. The fourth-order valence-electron chi connectivity index (χ4n) is 5.87. The Morgan fingerprint density at radius 2 is 1.84 bits per heavy atom. The average molecular weight is 554 g/mol. The van der Waals surface area contributed by atoms with Crippen molar-refractivity contribution in [2.75, 3.05) is 75.1 Å². The van der Waals surface area contributed by atoms with E-state index in [2.05, 4.69) is 60.5 Å². The van der Waals surface area contributed by atoms with E-state index in [0.29, 0.717) is 17.0 Å². The molecule has 0 radical (unpaired) electrons. The van der Waals surface area contributed by atoms with Gasteiger partial charge in [0.1, 0.15) is 10.8 Å². The summed E-state index contributed by atoms with van der Waals surface area (Å²) in [5, 5.41) is 6.10. The molecule has 0 aliphatic carbocycles. The molecular formula is C28H36ClN7OS. The molecular weight excluding hydrogens is 518 g/mol. The van der Waals surface area contributed by atoms with Gasteiger partial charge in [0.05, 0.1) is 19.0 Å². The van der Waals surface area contributed by atoms with E-state index >= 15 is 0 Å². The minimum atomic E-state index is 0.531. The van der Waals surface area contributed by atoms with Crippen molar-refractivity contribution in [3.63, 3.8) is 0 Å². The van der Waals surface area contributed by atoms with Gasteiger partial charge in [-0.2, -0.15) is 4.98 Å². The molecule has 0 atom stereocenters. The Morgan fingerprint density at radius 1 is 1.03 bits per heavy atom. The number of benzene rings is 1. The third kappa shape index (κ3) is 5.43. The number of hydrogen-bond acceptors (Lipinski definition) is 9. The van der Waals surface area contributed by atoms with Gasteiger partial charge in [0.25, 0.3) is 0 Å². The van der Waals surface area contributed by atoms with Crippen LogP contribution in [0.1, 0.15) is 23.3 Å². The molecule has 1 aromatic carbocycles. The molecule has 3 aliphatic rings. The SMILES string of the molecule is COc1cc(Nc2ncc(Cl)c(N3CCc4sccc4C3)n2)ccc1N1CCC(N2CCN(C)CC2)CC1. The first-order valence-corrected chi connectivity index (χ1v) is 14.8. The third-order valence-corrected chi connectivity index (χ3v) is 9.42. The van der Waals surface area contributed by atoms with Gasteiger partial charge in [0.15, 0.2) is 5.82 Å². The predicted molar refractivity (Wildman–Crippen MR) is 157 cm³/mol. The van der Waals surface area contributed by atoms with Crippen molar-refractivity contribution >= 4 is 46.1 Å². The van der Waals surface area contributed by atoms with Crippen LogP contribution >= 0.6 is 22.9 Å². The normalized spacial score (nSPS) is 19.4. The molecule has 0 amide bonds. The van der Waals surface area contributed by atoms with Gasteiger partial charge in [-0.05, 0) is 55.5 Å². The molecule has 1 N–H and O–H groups in total. The quantitative estimate of drug-likeness (QED) is 0.470. The number of aromatic nitrogens is 2. The summed E-state index contributed by atoms with van der Waals surface area (Å²) in [5.41, 5.74) is 3.40. The third-order valence-electron chi connectivity index (χ3n) is 8.13. The topological polar surface area (TPSA) is 60.0 Å². The van der Waals surface area contributed by atoms with Crippen LogP contribution in [0.3, 0.4) is 0 Å². The molecule has 38 heavy (non-hydrogen) atoms. The second-order valence-corrected chi connectivity index (χ2v) is 11.9. The summed E-state index contributed by atoms with van der Waals surface area (Å²) in [6, 6.07) is 9.16. The van der Waals surface area contributed by atoms with Gasteiger partial charge in [-0.1, -0.05) is 11.6 Å². The first kappa shape index (κ1) is 25.7. The number of ether oxygens (including phenoxy) is 1. The molecule has 0 spiro atoms. The summed E-state index contributed by atoms with van der Waals surface area (Å²) in [6.45, 7) is 8.54. The number of thiophene rings is 1. The predicted octanol–water partition coefficient (Wildman–Crippen LogP) is 4.72. The minimum Gasteiger partial charge on any atom is -0.495 e. The van der Waals surface area contributed by atoms with Crippen molar-refractivity contribution in [1.29, 1.82) is 0 Å². The number of anilines is 4. The summed E-state index contributed by atoms with van der Waals surface area (Å²) < 4.78 is 5.83. The number of fused-ring (bicyclic) bond motifs is 1. The van der Waals surface area contributed by atoms with E-state index < -0.39 is 0 Å². The number of piperidine rings is 1. The smallest absolute Gasteiger partial charge is 0.229 e.